The Morgan fingerprint density at radius 2 is 1.69 bits per heavy atom. The molecule has 0 aliphatic carbocycles. The van der Waals surface area contributed by atoms with Crippen molar-refractivity contribution in [2.45, 2.75) is 22.8 Å². The van der Waals surface area contributed by atoms with Gasteiger partial charge in [-0.3, -0.25) is 14.4 Å². The SMILES string of the molecule is O=C1[C@H]2[C@H](c3cccc(OCc4ccccc4)c3)c3sc(=O)[nH]c3S[C@H]2C(=O)N1c1ccc(Br)cc1. The summed E-state index contributed by atoms with van der Waals surface area (Å²) in [7, 11) is 0. The Bertz CT molecular complexity index is 1520. The number of thioether (sulfide) groups is 1. The van der Waals surface area contributed by atoms with Crippen molar-refractivity contribution in [1.29, 1.82) is 0 Å². The van der Waals surface area contributed by atoms with Gasteiger partial charge in [-0.05, 0) is 47.5 Å². The average molecular weight is 579 g/mol. The molecule has 6 nitrogen and oxygen atoms in total. The van der Waals surface area contributed by atoms with Crippen molar-refractivity contribution in [2.75, 3.05) is 4.90 Å². The lowest BCUT2D eigenvalue weighted by Gasteiger charge is -2.30. The number of ether oxygens (including phenoxy) is 1. The van der Waals surface area contributed by atoms with Gasteiger partial charge in [-0.2, -0.15) is 0 Å². The van der Waals surface area contributed by atoms with E-state index in [-0.39, 0.29) is 16.7 Å². The zero-order valence-corrected chi connectivity index (χ0v) is 21.9. The predicted molar refractivity (Wildman–Crippen MR) is 144 cm³/mol. The number of H-pyrrole nitrogens is 1. The Labute approximate surface area is 223 Å². The van der Waals surface area contributed by atoms with Crippen LogP contribution in [-0.4, -0.2) is 22.0 Å². The molecule has 1 N–H and O–H groups in total. The molecular formula is C27H19BrN2O4S2. The fraction of sp³-hybridized carbons (Fsp3) is 0.148. The summed E-state index contributed by atoms with van der Waals surface area (Å²) in [6.45, 7) is 0.411. The maximum Gasteiger partial charge on any atom is 0.305 e. The molecule has 0 saturated carbocycles. The topological polar surface area (TPSA) is 79.5 Å². The minimum atomic E-state index is -0.630. The van der Waals surface area contributed by atoms with Crippen molar-refractivity contribution in [3.8, 4) is 5.75 Å². The molecule has 9 heteroatoms. The predicted octanol–water partition coefficient (Wildman–Crippen LogP) is 5.57. The molecular weight excluding hydrogens is 560 g/mol. The number of aromatic amines is 1. The highest BCUT2D eigenvalue weighted by Crippen LogP contribution is 2.53. The number of nitrogens with one attached hydrogen (secondary N) is 1. The summed E-state index contributed by atoms with van der Waals surface area (Å²) in [6.07, 6.45) is 0. The van der Waals surface area contributed by atoms with Crippen LogP contribution >= 0.6 is 39.0 Å². The number of thiazole rings is 1. The Balaban J connectivity index is 1.38. The van der Waals surface area contributed by atoms with Crippen molar-refractivity contribution in [1.82, 2.24) is 4.98 Å². The maximum atomic E-state index is 13.8. The van der Waals surface area contributed by atoms with Crippen LogP contribution in [0.3, 0.4) is 0 Å². The third kappa shape index (κ3) is 4.11. The Morgan fingerprint density at radius 3 is 2.47 bits per heavy atom. The number of hydrogen-bond acceptors (Lipinski definition) is 6. The van der Waals surface area contributed by atoms with Gasteiger partial charge in [0.1, 0.15) is 17.6 Å². The molecule has 1 fully saturated rings. The summed E-state index contributed by atoms with van der Waals surface area (Å²) in [5, 5.41) is 0.0310. The lowest BCUT2D eigenvalue weighted by molar-refractivity contribution is -0.122. The first-order chi connectivity index (χ1) is 17.5. The summed E-state index contributed by atoms with van der Waals surface area (Å²) in [4.78, 5) is 44.4. The number of imide groups is 1. The summed E-state index contributed by atoms with van der Waals surface area (Å²) in [5.41, 5.74) is 2.43. The Morgan fingerprint density at radius 1 is 0.917 bits per heavy atom. The standard InChI is InChI=1S/C27H19BrN2O4S2/c28-17-9-11-18(12-10-17)30-25(31)21-20(22-24(29-27(33)36-22)35-23(21)26(30)32)16-7-4-8-19(13-16)34-14-15-5-2-1-3-6-15/h1-13,20-21,23H,14H2,(H,29,33)/t20-,21-,23+/m0/s1. The number of amides is 2. The molecule has 1 saturated heterocycles. The van der Waals surface area contributed by atoms with Gasteiger partial charge in [0.2, 0.25) is 11.8 Å². The van der Waals surface area contributed by atoms with E-state index in [1.807, 2.05) is 66.7 Å². The highest BCUT2D eigenvalue weighted by atomic mass is 79.9. The van der Waals surface area contributed by atoms with Gasteiger partial charge in [0, 0.05) is 15.3 Å². The van der Waals surface area contributed by atoms with E-state index in [1.165, 1.54) is 16.7 Å². The van der Waals surface area contributed by atoms with Gasteiger partial charge < -0.3 is 9.72 Å². The monoisotopic (exact) mass is 578 g/mol. The van der Waals surface area contributed by atoms with Crippen molar-refractivity contribution < 1.29 is 14.3 Å². The van der Waals surface area contributed by atoms with Gasteiger partial charge in [-0.25, -0.2) is 4.90 Å². The molecule has 1 aromatic heterocycles. The van der Waals surface area contributed by atoms with Crippen LogP contribution in [0.4, 0.5) is 5.69 Å². The first-order valence-corrected chi connectivity index (χ1v) is 13.8. The Hall–Kier alpha value is -3.14. The number of hydrogen-bond donors (Lipinski definition) is 1. The molecule has 6 rings (SSSR count). The molecule has 2 aliphatic heterocycles. The zero-order chi connectivity index (χ0) is 24.8. The number of nitrogens with zero attached hydrogens (tertiary/aromatic N) is 1. The van der Waals surface area contributed by atoms with Gasteiger partial charge in [0.25, 0.3) is 0 Å². The number of halogens is 1. The molecule has 2 aliphatic rings. The maximum absolute atomic E-state index is 13.8. The quantitative estimate of drug-likeness (QED) is 0.313. The van der Waals surface area contributed by atoms with Crippen LogP contribution in [0.5, 0.6) is 5.75 Å². The van der Waals surface area contributed by atoms with Crippen LogP contribution < -0.4 is 14.5 Å². The van der Waals surface area contributed by atoms with Crippen molar-refractivity contribution in [3.05, 3.63) is 109 Å². The highest BCUT2D eigenvalue weighted by Gasteiger charge is 2.56. The van der Waals surface area contributed by atoms with E-state index in [2.05, 4.69) is 20.9 Å². The smallest absolute Gasteiger partial charge is 0.305 e. The second-order valence-corrected chi connectivity index (χ2v) is 11.7. The minimum absolute atomic E-state index is 0.196. The average Bonchev–Trinajstić information content (AvgIpc) is 3.38. The second kappa shape index (κ2) is 9.38. The molecule has 180 valence electrons. The van der Waals surface area contributed by atoms with E-state index >= 15 is 0 Å². The number of benzene rings is 3. The molecule has 3 heterocycles. The molecule has 0 radical (unpaired) electrons. The number of rotatable bonds is 5. The molecule has 3 atom stereocenters. The van der Waals surface area contributed by atoms with Gasteiger partial charge in [-0.1, -0.05) is 81.5 Å². The minimum Gasteiger partial charge on any atom is -0.489 e. The molecule has 36 heavy (non-hydrogen) atoms. The van der Waals surface area contributed by atoms with Crippen molar-refractivity contribution in [2.24, 2.45) is 5.92 Å². The van der Waals surface area contributed by atoms with E-state index in [0.29, 0.717) is 23.1 Å². The first kappa shape index (κ1) is 23.3. The molecule has 4 aromatic rings. The second-order valence-electron chi connectivity index (χ2n) is 8.58. The van der Waals surface area contributed by atoms with E-state index in [9.17, 15) is 14.4 Å². The van der Waals surface area contributed by atoms with Gasteiger partial charge >= 0.3 is 4.87 Å². The van der Waals surface area contributed by atoms with Gasteiger partial charge in [0.05, 0.1) is 16.6 Å². The summed E-state index contributed by atoms with van der Waals surface area (Å²) in [6, 6.07) is 24.6. The van der Waals surface area contributed by atoms with Crippen molar-refractivity contribution in [3.63, 3.8) is 0 Å². The van der Waals surface area contributed by atoms with Gasteiger partial charge in [-0.15, -0.1) is 0 Å². The number of carbonyl (C=O) groups is 2. The highest BCUT2D eigenvalue weighted by molar-refractivity contribution is 9.10. The first-order valence-electron chi connectivity index (χ1n) is 11.3. The Kier molecular flexibility index (Phi) is 6.07. The summed E-state index contributed by atoms with van der Waals surface area (Å²) >= 11 is 5.78. The molecule has 0 spiro atoms. The van der Waals surface area contributed by atoms with E-state index in [0.717, 1.165) is 31.8 Å². The summed E-state index contributed by atoms with van der Waals surface area (Å²) < 4.78 is 6.90. The fourth-order valence-corrected chi connectivity index (χ4v) is 7.54. The van der Waals surface area contributed by atoms with Crippen molar-refractivity contribution >= 4 is 56.5 Å². The van der Waals surface area contributed by atoms with Crippen LogP contribution in [0.25, 0.3) is 0 Å². The lowest BCUT2D eigenvalue weighted by atomic mass is 9.83. The third-order valence-corrected chi connectivity index (χ3v) is 9.30. The molecule has 2 amide bonds. The van der Waals surface area contributed by atoms with Gasteiger partial charge in [0.15, 0.2) is 0 Å². The van der Waals surface area contributed by atoms with Crippen LogP contribution in [0, 0.1) is 5.92 Å². The number of fused-ring (bicyclic) bond motifs is 2. The van der Waals surface area contributed by atoms with Crippen LogP contribution in [0.1, 0.15) is 21.9 Å². The summed E-state index contributed by atoms with van der Waals surface area (Å²) in [5.74, 6) is -0.928. The fourth-order valence-electron chi connectivity index (χ4n) is 4.76. The van der Waals surface area contributed by atoms with E-state index in [4.69, 9.17) is 4.74 Å². The van der Waals surface area contributed by atoms with E-state index < -0.39 is 17.1 Å². The largest absolute Gasteiger partial charge is 0.489 e. The number of aromatic nitrogens is 1. The third-order valence-electron chi connectivity index (χ3n) is 6.37. The lowest BCUT2D eigenvalue weighted by Crippen LogP contribution is -2.32. The molecule has 3 aromatic carbocycles. The van der Waals surface area contributed by atoms with Crippen LogP contribution in [0.15, 0.2) is 93.2 Å². The normalized spacial score (nSPS) is 20.8. The molecule has 0 unspecified atom stereocenters. The number of carbonyl (C=O) groups excluding carboxylic acids is 2. The molecule has 0 bridgehead atoms. The van der Waals surface area contributed by atoms with E-state index in [1.54, 1.807) is 12.1 Å². The zero-order valence-electron chi connectivity index (χ0n) is 18.7. The number of anilines is 1. The van der Waals surface area contributed by atoms with Crippen LogP contribution in [0.2, 0.25) is 0 Å². The van der Waals surface area contributed by atoms with Crippen LogP contribution in [-0.2, 0) is 16.2 Å².